The molecule has 3 aromatic heterocycles. The number of sulfonamides is 1. The number of rotatable bonds is 6. The fourth-order valence-electron chi connectivity index (χ4n) is 3.64. The first-order chi connectivity index (χ1) is 18.1. The van der Waals surface area contributed by atoms with Crippen LogP contribution in [0, 0.1) is 25.5 Å². The molecule has 9 nitrogen and oxygen atoms in total. The van der Waals surface area contributed by atoms with Gasteiger partial charge in [0, 0.05) is 5.69 Å². The number of nitrogens with zero attached hydrogens (tertiary/aromatic N) is 5. The van der Waals surface area contributed by atoms with Crippen molar-refractivity contribution in [3.63, 3.8) is 0 Å². The number of halogens is 4. The number of anilines is 3. The number of hydrogen-bond donors (Lipinski definition) is 2. The lowest BCUT2D eigenvalue weighted by Crippen LogP contribution is -2.15. The zero-order valence-corrected chi connectivity index (χ0v) is 22.0. The van der Waals surface area contributed by atoms with Crippen LogP contribution in [-0.4, -0.2) is 32.9 Å². The number of fused-ring (bicyclic) bond motifs is 1. The van der Waals surface area contributed by atoms with E-state index < -0.39 is 33.0 Å². The normalized spacial score (nSPS) is 11.6. The van der Waals surface area contributed by atoms with Gasteiger partial charge in [-0.3, -0.25) is 9.29 Å². The van der Waals surface area contributed by atoms with E-state index in [0.717, 1.165) is 23.5 Å². The molecule has 2 N–H and O–H groups in total. The molecule has 0 aliphatic carbocycles. The summed E-state index contributed by atoms with van der Waals surface area (Å²) in [5.74, 6) is -1.71. The predicted octanol–water partition coefficient (Wildman–Crippen LogP) is 5.96. The molecule has 3 heterocycles. The molecule has 0 unspecified atom stereocenters. The maximum Gasteiger partial charge on any atom is 0.263 e. The second-order valence-electron chi connectivity index (χ2n) is 8.11. The monoisotopic (exact) mass is 575 g/mol. The smallest absolute Gasteiger partial charge is 0.263 e. The molecule has 0 saturated heterocycles. The fraction of sp³-hybridized carbons (Fsp3) is 0.0833. The minimum absolute atomic E-state index is 0.0000292. The fourth-order valence-corrected chi connectivity index (χ4v) is 5.46. The Labute approximate surface area is 225 Å². The molecule has 0 radical (unpaired) electrons. The molecular weight excluding hydrogens is 559 g/mol. The van der Waals surface area contributed by atoms with Gasteiger partial charge in [0.25, 0.3) is 10.0 Å². The summed E-state index contributed by atoms with van der Waals surface area (Å²) >= 11 is 11.9. The lowest BCUT2D eigenvalue weighted by atomic mass is 10.2. The highest BCUT2D eigenvalue weighted by Gasteiger charge is 2.24. The molecule has 0 bridgehead atoms. The van der Waals surface area contributed by atoms with Crippen LogP contribution in [0.4, 0.5) is 26.0 Å². The maximum absolute atomic E-state index is 15.5. The number of nitrogens with one attached hydrogen (secondary N) is 2. The SMILES string of the molecule is Cc1ncn(-c2ccc3ncnc(Nc4c(F)ccc(NS(=O)(=O)c5cccc(Cl)c5Cl)c4F)c3n2)c1C. The van der Waals surface area contributed by atoms with Gasteiger partial charge in [0.1, 0.15) is 40.4 Å². The molecule has 0 amide bonds. The van der Waals surface area contributed by atoms with Crippen molar-refractivity contribution >= 4 is 61.5 Å². The van der Waals surface area contributed by atoms with Gasteiger partial charge in [-0.15, -0.1) is 0 Å². The lowest BCUT2D eigenvalue weighted by Gasteiger charge is -2.15. The first kappa shape index (κ1) is 25.8. The van der Waals surface area contributed by atoms with Gasteiger partial charge in [-0.25, -0.2) is 37.1 Å². The van der Waals surface area contributed by atoms with E-state index in [9.17, 15) is 12.8 Å². The van der Waals surface area contributed by atoms with Crippen molar-refractivity contribution < 1.29 is 17.2 Å². The molecule has 0 aliphatic heterocycles. The van der Waals surface area contributed by atoms with Gasteiger partial charge in [-0.05, 0) is 50.2 Å². The Hall–Kier alpha value is -3.87. The standard InChI is InChI=1S/C24H17Cl2F2N7O2S/c1-12-13(2)35(11-31-12)19-9-8-17-23(32-19)24(30-10-29-17)33-22-15(27)6-7-16(21(22)28)34-38(36,37)18-5-3-4-14(25)20(18)26/h3-11,34H,1-2H3,(H,29,30,33). The quantitative estimate of drug-likeness (QED) is 0.257. The van der Waals surface area contributed by atoms with Crippen LogP contribution in [0.1, 0.15) is 11.4 Å². The van der Waals surface area contributed by atoms with Crippen LogP contribution in [0.15, 0.2) is 60.0 Å². The molecule has 5 aromatic rings. The van der Waals surface area contributed by atoms with Gasteiger partial charge in [0.2, 0.25) is 0 Å². The molecule has 0 atom stereocenters. The maximum atomic E-state index is 15.5. The van der Waals surface area contributed by atoms with Crippen LogP contribution in [0.5, 0.6) is 0 Å². The van der Waals surface area contributed by atoms with Crippen LogP contribution in [0.2, 0.25) is 10.0 Å². The van der Waals surface area contributed by atoms with Crippen LogP contribution in [0.25, 0.3) is 16.9 Å². The topological polar surface area (TPSA) is 115 Å². The van der Waals surface area contributed by atoms with Gasteiger partial charge >= 0.3 is 0 Å². The van der Waals surface area contributed by atoms with E-state index in [-0.39, 0.29) is 26.3 Å². The van der Waals surface area contributed by atoms with Crippen molar-refractivity contribution in [1.82, 2.24) is 24.5 Å². The number of hydrogen-bond acceptors (Lipinski definition) is 7. The molecule has 0 aliphatic rings. The van der Waals surface area contributed by atoms with Gasteiger partial charge in [-0.1, -0.05) is 29.3 Å². The molecule has 2 aromatic carbocycles. The second kappa shape index (κ2) is 9.78. The van der Waals surface area contributed by atoms with Crippen molar-refractivity contribution in [1.29, 1.82) is 0 Å². The third-order valence-corrected chi connectivity index (χ3v) is 8.09. The third-order valence-electron chi connectivity index (χ3n) is 5.75. The Morgan fingerprint density at radius 1 is 0.974 bits per heavy atom. The molecule has 194 valence electrons. The van der Waals surface area contributed by atoms with Crippen LogP contribution in [0.3, 0.4) is 0 Å². The predicted molar refractivity (Wildman–Crippen MR) is 141 cm³/mol. The Kier molecular flexibility index (Phi) is 6.63. The summed E-state index contributed by atoms with van der Waals surface area (Å²) in [6.07, 6.45) is 2.82. The van der Waals surface area contributed by atoms with E-state index in [1.54, 1.807) is 23.0 Å². The minimum atomic E-state index is -4.37. The summed E-state index contributed by atoms with van der Waals surface area (Å²) in [5.41, 5.74) is 1.14. The minimum Gasteiger partial charge on any atom is -0.333 e. The summed E-state index contributed by atoms with van der Waals surface area (Å²) in [6.45, 7) is 3.73. The molecule has 14 heteroatoms. The van der Waals surface area contributed by atoms with Crippen molar-refractivity contribution in [2.24, 2.45) is 0 Å². The van der Waals surface area contributed by atoms with E-state index in [1.807, 2.05) is 13.8 Å². The lowest BCUT2D eigenvalue weighted by molar-refractivity contribution is 0.588. The van der Waals surface area contributed by atoms with Gasteiger partial charge in [0.05, 0.1) is 26.9 Å². The average molecular weight is 576 g/mol. The van der Waals surface area contributed by atoms with E-state index in [0.29, 0.717) is 11.3 Å². The molecule has 0 fully saturated rings. The van der Waals surface area contributed by atoms with Crippen molar-refractivity contribution in [2.75, 3.05) is 10.0 Å². The molecule has 38 heavy (non-hydrogen) atoms. The van der Waals surface area contributed by atoms with Gasteiger partial charge in [-0.2, -0.15) is 0 Å². The number of aromatic nitrogens is 5. The summed E-state index contributed by atoms with van der Waals surface area (Å²) in [7, 11) is -4.37. The zero-order valence-electron chi connectivity index (χ0n) is 19.7. The van der Waals surface area contributed by atoms with Crippen LogP contribution >= 0.6 is 23.2 Å². The third kappa shape index (κ3) is 4.62. The van der Waals surface area contributed by atoms with E-state index in [2.05, 4.69) is 30.0 Å². The van der Waals surface area contributed by atoms with Gasteiger partial charge < -0.3 is 5.32 Å². The summed E-state index contributed by atoms with van der Waals surface area (Å²) in [6, 6.07) is 9.26. The average Bonchev–Trinajstić information content (AvgIpc) is 3.22. The number of aryl methyl sites for hydroxylation is 1. The van der Waals surface area contributed by atoms with Crippen molar-refractivity contribution in [3.05, 3.63) is 88.2 Å². The summed E-state index contributed by atoms with van der Waals surface area (Å²) < 4.78 is 59.9. The summed E-state index contributed by atoms with van der Waals surface area (Å²) in [4.78, 5) is 16.7. The highest BCUT2D eigenvalue weighted by Crippen LogP contribution is 2.34. The first-order valence-corrected chi connectivity index (χ1v) is 13.2. The zero-order chi connectivity index (χ0) is 27.2. The second-order valence-corrected chi connectivity index (χ2v) is 10.5. The van der Waals surface area contributed by atoms with E-state index in [1.165, 1.54) is 24.5 Å². The largest absolute Gasteiger partial charge is 0.333 e. The highest BCUT2D eigenvalue weighted by atomic mass is 35.5. The van der Waals surface area contributed by atoms with Crippen LogP contribution < -0.4 is 10.0 Å². The number of imidazole rings is 1. The van der Waals surface area contributed by atoms with Crippen LogP contribution in [-0.2, 0) is 10.0 Å². The number of benzene rings is 2. The molecule has 5 rings (SSSR count). The van der Waals surface area contributed by atoms with Crippen molar-refractivity contribution in [3.8, 4) is 5.82 Å². The number of pyridine rings is 1. The van der Waals surface area contributed by atoms with Crippen molar-refractivity contribution in [2.45, 2.75) is 18.7 Å². The van der Waals surface area contributed by atoms with Gasteiger partial charge in [0.15, 0.2) is 11.6 Å². The Balaban J connectivity index is 1.54. The summed E-state index contributed by atoms with van der Waals surface area (Å²) in [5, 5.41) is 2.36. The Bertz CT molecular complexity index is 1830. The Morgan fingerprint density at radius 2 is 1.76 bits per heavy atom. The molecular formula is C24H17Cl2F2N7O2S. The Morgan fingerprint density at radius 3 is 2.50 bits per heavy atom. The molecule has 0 spiro atoms. The van der Waals surface area contributed by atoms with E-state index >= 15 is 4.39 Å². The van der Waals surface area contributed by atoms with E-state index in [4.69, 9.17) is 23.2 Å². The highest BCUT2D eigenvalue weighted by molar-refractivity contribution is 7.92. The molecule has 0 saturated carbocycles. The first-order valence-electron chi connectivity index (χ1n) is 10.9.